The van der Waals surface area contributed by atoms with E-state index in [9.17, 15) is 9.59 Å². The second-order valence-electron chi connectivity index (χ2n) is 6.29. The molecule has 1 aliphatic rings. The van der Waals surface area contributed by atoms with Gasteiger partial charge in [-0.2, -0.15) is 5.10 Å². The maximum Gasteiger partial charge on any atom is 0.324 e. The van der Waals surface area contributed by atoms with Crippen molar-refractivity contribution in [3.8, 4) is 5.75 Å². The Balaban J connectivity index is 1.72. The number of fused-ring (bicyclic) bond motifs is 1. The highest BCUT2D eigenvalue weighted by Crippen LogP contribution is 2.37. The molecule has 1 aliphatic heterocycles. The SMILES string of the molecule is CC(C)Cn1ccc(NC(=O)Nc2cccc3c2N(C)C(=O)CO3)n1. The summed E-state index contributed by atoms with van der Waals surface area (Å²) < 4.78 is 7.19. The third kappa shape index (κ3) is 3.73. The van der Waals surface area contributed by atoms with Crippen LogP contribution in [0.5, 0.6) is 5.75 Å². The third-order valence-corrected chi connectivity index (χ3v) is 3.74. The molecule has 0 bridgehead atoms. The van der Waals surface area contributed by atoms with E-state index >= 15 is 0 Å². The molecule has 0 unspecified atom stereocenters. The Bertz CT molecular complexity index is 799. The molecule has 8 nitrogen and oxygen atoms in total. The van der Waals surface area contributed by atoms with Crippen LogP contribution in [0.25, 0.3) is 0 Å². The number of nitrogens with one attached hydrogen (secondary N) is 2. The first kappa shape index (κ1) is 16.8. The molecule has 0 saturated heterocycles. The number of anilines is 3. The number of urea groups is 1. The molecule has 25 heavy (non-hydrogen) atoms. The topological polar surface area (TPSA) is 88.5 Å². The van der Waals surface area contributed by atoms with Crippen LogP contribution in [0.4, 0.5) is 22.0 Å². The zero-order valence-electron chi connectivity index (χ0n) is 14.4. The lowest BCUT2D eigenvalue weighted by atomic mass is 10.2. The Labute approximate surface area is 145 Å². The number of hydrogen-bond acceptors (Lipinski definition) is 4. The van der Waals surface area contributed by atoms with Crippen molar-refractivity contribution in [1.29, 1.82) is 0 Å². The van der Waals surface area contributed by atoms with E-state index in [1.54, 1.807) is 36.0 Å². The summed E-state index contributed by atoms with van der Waals surface area (Å²) in [5, 5.41) is 9.74. The van der Waals surface area contributed by atoms with Gasteiger partial charge in [0.25, 0.3) is 5.91 Å². The zero-order valence-corrected chi connectivity index (χ0v) is 14.4. The standard InChI is InChI=1S/C17H21N5O3/c1-11(2)9-22-8-7-14(20-22)19-17(24)18-12-5-4-6-13-16(12)21(3)15(23)10-25-13/h4-8,11H,9-10H2,1-3H3,(H2,18,19,20,24). The quantitative estimate of drug-likeness (QED) is 0.893. The van der Waals surface area contributed by atoms with E-state index in [1.165, 1.54) is 4.90 Å². The number of amides is 3. The van der Waals surface area contributed by atoms with Crippen LogP contribution in [-0.2, 0) is 11.3 Å². The fraction of sp³-hybridized carbons (Fsp3) is 0.353. The molecule has 8 heteroatoms. The molecule has 0 saturated carbocycles. The minimum Gasteiger partial charge on any atom is -0.481 e. The van der Waals surface area contributed by atoms with Crippen LogP contribution >= 0.6 is 0 Å². The van der Waals surface area contributed by atoms with Crippen LogP contribution in [0.15, 0.2) is 30.5 Å². The summed E-state index contributed by atoms with van der Waals surface area (Å²) in [6.45, 7) is 4.96. The number of rotatable bonds is 4. The maximum absolute atomic E-state index is 12.3. The minimum absolute atomic E-state index is 0.00750. The van der Waals surface area contributed by atoms with Gasteiger partial charge in [0.15, 0.2) is 12.4 Å². The molecule has 0 radical (unpaired) electrons. The second-order valence-corrected chi connectivity index (χ2v) is 6.29. The Hall–Kier alpha value is -3.03. The molecule has 2 N–H and O–H groups in total. The molecule has 1 aromatic carbocycles. The first-order chi connectivity index (χ1) is 11.9. The molecular formula is C17H21N5O3. The van der Waals surface area contributed by atoms with Gasteiger partial charge < -0.3 is 15.0 Å². The van der Waals surface area contributed by atoms with Gasteiger partial charge in [-0.1, -0.05) is 19.9 Å². The van der Waals surface area contributed by atoms with Crippen molar-refractivity contribution >= 4 is 29.1 Å². The summed E-state index contributed by atoms with van der Waals surface area (Å²) in [5.41, 5.74) is 1.03. The molecule has 0 fully saturated rings. The van der Waals surface area contributed by atoms with Crippen molar-refractivity contribution < 1.29 is 14.3 Å². The first-order valence-electron chi connectivity index (χ1n) is 8.08. The van der Waals surface area contributed by atoms with E-state index < -0.39 is 6.03 Å². The molecule has 3 rings (SSSR count). The second kappa shape index (κ2) is 6.84. The Kier molecular flexibility index (Phi) is 4.60. The van der Waals surface area contributed by atoms with E-state index in [0.29, 0.717) is 28.9 Å². The van der Waals surface area contributed by atoms with Gasteiger partial charge in [-0.05, 0) is 18.1 Å². The highest BCUT2D eigenvalue weighted by Gasteiger charge is 2.25. The molecular weight excluding hydrogens is 322 g/mol. The van der Waals surface area contributed by atoms with E-state index in [4.69, 9.17) is 4.74 Å². The monoisotopic (exact) mass is 343 g/mol. The van der Waals surface area contributed by atoms with Crippen LogP contribution in [-0.4, -0.2) is 35.4 Å². The van der Waals surface area contributed by atoms with Crippen molar-refractivity contribution in [2.75, 3.05) is 29.2 Å². The number of aromatic nitrogens is 2. The van der Waals surface area contributed by atoms with E-state index in [2.05, 4.69) is 29.6 Å². The van der Waals surface area contributed by atoms with Crippen LogP contribution in [0, 0.1) is 5.92 Å². The number of nitrogens with zero attached hydrogens (tertiary/aromatic N) is 3. The van der Waals surface area contributed by atoms with Crippen molar-refractivity contribution in [3.05, 3.63) is 30.5 Å². The molecule has 2 aromatic rings. The predicted molar refractivity (Wildman–Crippen MR) is 95.1 cm³/mol. The molecule has 2 heterocycles. The Morgan fingerprint density at radius 2 is 2.12 bits per heavy atom. The number of carbonyl (C=O) groups excluding carboxylic acids is 2. The third-order valence-electron chi connectivity index (χ3n) is 3.74. The average Bonchev–Trinajstić information content (AvgIpc) is 2.97. The molecule has 0 aliphatic carbocycles. The van der Waals surface area contributed by atoms with Crippen LogP contribution in [0.2, 0.25) is 0 Å². The number of para-hydroxylation sites is 1. The number of hydrogen-bond donors (Lipinski definition) is 2. The Morgan fingerprint density at radius 1 is 1.32 bits per heavy atom. The smallest absolute Gasteiger partial charge is 0.324 e. The maximum atomic E-state index is 12.3. The summed E-state index contributed by atoms with van der Waals surface area (Å²) in [4.78, 5) is 25.6. The highest BCUT2D eigenvalue weighted by molar-refractivity contribution is 6.06. The van der Waals surface area contributed by atoms with E-state index in [-0.39, 0.29) is 12.5 Å². The van der Waals surface area contributed by atoms with Crippen LogP contribution in [0.3, 0.4) is 0 Å². The zero-order chi connectivity index (χ0) is 18.0. The number of ether oxygens (including phenoxy) is 1. The van der Waals surface area contributed by atoms with Crippen molar-refractivity contribution in [1.82, 2.24) is 9.78 Å². The average molecular weight is 343 g/mol. The fourth-order valence-electron chi connectivity index (χ4n) is 2.62. The predicted octanol–water partition coefficient (Wildman–Crippen LogP) is 2.54. The number of likely N-dealkylation sites (N-methyl/N-ethyl adjacent to an activating group) is 1. The van der Waals surface area contributed by atoms with E-state index in [1.807, 2.05) is 6.20 Å². The lowest BCUT2D eigenvalue weighted by molar-refractivity contribution is -0.120. The molecule has 0 atom stereocenters. The van der Waals surface area contributed by atoms with Gasteiger partial charge in [0.2, 0.25) is 0 Å². The fourth-order valence-corrected chi connectivity index (χ4v) is 2.62. The normalized spacial score (nSPS) is 13.4. The van der Waals surface area contributed by atoms with Gasteiger partial charge in [-0.3, -0.25) is 14.8 Å². The largest absolute Gasteiger partial charge is 0.481 e. The van der Waals surface area contributed by atoms with Crippen molar-refractivity contribution in [2.45, 2.75) is 20.4 Å². The number of carbonyl (C=O) groups is 2. The highest BCUT2D eigenvalue weighted by atomic mass is 16.5. The molecule has 1 aromatic heterocycles. The van der Waals surface area contributed by atoms with Crippen LogP contribution < -0.4 is 20.3 Å². The molecule has 3 amide bonds. The summed E-state index contributed by atoms with van der Waals surface area (Å²) in [5.74, 6) is 1.31. The van der Waals surface area contributed by atoms with Gasteiger partial charge in [-0.25, -0.2) is 4.79 Å². The Morgan fingerprint density at radius 3 is 2.88 bits per heavy atom. The van der Waals surface area contributed by atoms with Gasteiger partial charge in [0, 0.05) is 25.9 Å². The van der Waals surface area contributed by atoms with E-state index in [0.717, 1.165) is 6.54 Å². The van der Waals surface area contributed by atoms with Crippen molar-refractivity contribution in [2.24, 2.45) is 5.92 Å². The molecule has 132 valence electrons. The summed E-state index contributed by atoms with van der Waals surface area (Å²) >= 11 is 0. The van der Waals surface area contributed by atoms with Gasteiger partial charge in [0.1, 0.15) is 11.4 Å². The summed E-state index contributed by atoms with van der Waals surface area (Å²) in [6.07, 6.45) is 1.82. The summed E-state index contributed by atoms with van der Waals surface area (Å²) in [7, 11) is 1.65. The minimum atomic E-state index is -0.436. The van der Waals surface area contributed by atoms with Gasteiger partial charge >= 0.3 is 6.03 Å². The number of benzene rings is 1. The van der Waals surface area contributed by atoms with Gasteiger partial charge in [-0.15, -0.1) is 0 Å². The van der Waals surface area contributed by atoms with Gasteiger partial charge in [0.05, 0.1) is 5.69 Å². The molecule has 0 spiro atoms. The lowest BCUT2D eigenvalue weighted by Gasteiger charge is -2.28. The lowest BCUT2D eigenvalue weighted by Crippen LogP contribution is -2.36. The summed E-state index contributed by atoms with van der Waals surface area (Å²) in [6, 6.07) is 6.54. The van der Waals surface area contributed by atoms with Crippen LogP contribution in [0.1, 0.15) is 13.8 Å². The van der Waals surface area contributed by atoms with Crippen molar-refractivity contribution in [3.63, 3.8) is 0 Å². The first-order valence-corrected chi connectivity index (χ1v) is 8.08.